The first-order chi connectivity index (χ1) is 8.89. The van der Waals surface area contributed by atoms with Crippen molar-refractivity contribution in [3.63, 3.8) is 0 Å². The second-order valence-electron chi connectivity index (χ2n) is 5.38. The Hall–Kier alpha value is -1.10. The maximum atomic E-state index is 11.9. The molecule has 0 saturated carbocycles. The van der Waals surface area contributed by atoms with Crippen molar-refractivity contribution in [3.8, 4) is 0 Å². The number of hydrogen-bond donors (Lipinski definition) is 2. The zero-order valence-electron chi connectivity index (χ0n) is 12.6. The molecule has 3 N–H and O–H groups in total. The van der Waals surface area contributed by atoms with Gasteiger partial charge in [-0.2, -0.15) is 0 Å². The van der Waals surface area contributed by atoms with Crippen LogP contribution in [0.3, 0.4) is 0 Å². The Bertz CT molecular complexity index is 410. The van der Waals surface area contributed by atoms with Gasteiger partial charge in [-0.05, 0) is 12.5 Å². The molecule has 0 fully saturated rings. The zero-order chi connectivity index (χ0) is 14.5. The van der Waals surface area contributed by atoms with Crippen molar-refractivity contribution >= 4 is 18.3 Å². The first-order valence-electron chi connectivity index (χ1n) is 6.50. The molecule has 2 atom stereocenters. The lowest BCUT2D eigenvalue weighted by Gasteiger charge is -2.33. The number of benzene rings is 1. The van der Waals surface area contributed by atoms with Crippen LogP contribution in [-0.4, -0.2) is 31.7 Å². The van der Waals surface area contributed by atoms with Gasteiger partial charge in [-0.3, -0.25) is 4.79 Å². The number of nitrogens with one attached hydrogen (secondary N) is 1. The number of halogens is 1. The molecule has 4 nitrogen and oxygen atoms in total. The van der Waals surface area contributed by atoms with Gasteiger partial charge in [0, 0.05) is 18.6 Å². The maximum Gasteiger partial charge on any atom is 0.239 e. The molecule has 0 aliphatic rings. The topological polar surface area (TPSA) is 64.3 Å². The van der Waals surface area contributed by atoms with Crippen molar-refractivity contribution in [1.29, 1.82) is 0 Å². The van der Waals surface area contributed by atoms with Gasteiger partial charge in [0.15, 0.2) is 0 Å². The van der Waals surface area contributed by atoms with E-state index in [4.69, 9.17) is 10.5 Å². The van der Waals surface area contributed by atoms with Crippen LogP contribution in [0.5, 0.6) is 0 Å². The van der Waals surface area contributed by atoms with Crippen LogP contribution >= 0.6 is 12.4 Å². The highest BCUT2D eigenvalue weighted by molar-refractivity contribution is 5.85. The second kappa shape index (κ2) is 8.25. The Morgan fingerprint density at radius 3 is 2.40 bits per heavy atom. The predicted molar refractivity (Wildman–Crippen MR) is 84.2 cm³/mol. The first kappa shape index (κ1) is 18.9. The summed E-state index contributed by atoms with van der Waals surface area (Å²) in [5.41, 5.74) is 6.74. The summed E-state index contributed by atoms with van der Waals surface area (Å²) in [6.07, 6.45) is 0. The van der Waals surface area contributed by atoms with E-state index in [1.165, 1.54) is 12.7 Å². The average molecular weight is 301 g/mol. The molecule has 1 amide bonds. The third-order valence-corrected chi connectivity index (χ3v) is 3.64. The van der Waals surface area contributed by atoms with E-state index >= 15 is 0 Å². The quantitative estimate of drug-likeness (QED) is 0.843. The summed E-state index contributed by atoms with van der Waals surface area (Å²) in [5, 5.41) is 2.96. The van der Waals surface area contributed by atoms with E-state index in [0.29, 0.717) is 0 Å². The molecule has 2 unspecified atom stereocenters. The van der Waals surface area contributed by atoms with Crippen LogP contribution in [0.15, 0.2) is 30.3 Å². The van der Waals surface area contributed by atoms with Crippen LogP contribution in [-0.2, 0) is 14.9 Å². The van der Waals surface area contributed by atoms with E-state index in [2.05, 4.69) is 31.3 Å². The zero-order valence-corrected chi connectivity index (χ0v) is 13.4. The maximum absolute atomic E-state index is 11.9. The van der Waals surface area contributed by atoms with E-state index in [9.17, 15) is 4.79 Å². The molecule has 0 saturated heterocycles. The van der Waals surface area contributed by atoms with Crippen molar-refractivity contribution < 1.29 is 9.53 Å². The molecule has 114 valence electrons. The molecule has 0 spiro atoms. The van der Waals surface area contributed by atoms with Gasteiger partial charge in [0.1, 0.15) is 6.04 Å². The molecule has 0 bridgehead atoms. The van der Waals surface area contributed by atoms with Crippen molar-refractivity contribution in [2.24, 2.45) is 5.73 Å². The van der Waals surface area contributed by atoms with Crippen molar-refractivity contribution in [3.05, 3.63) is 35.9 Å². The van der Waals surface area contributed by atoms with Crippen LogP contribution in [0.4, 0.5) is 0 Å². The fourth-order valence-corrected chi connectivity index (χ4v) is 1.87. The Labute approximate surface area is 127 Å². The number of ether oxygens (including phenoxy) is 1. The summed E-state index contributed by atoms with van der Waals surface area (Å²) in [7, 11) is 1.53. The molecule has 0 aliphatic carbocycles. The molecule has 0 heterocycles. The number of carbonyl (C=O) groups is 1. The minimum Gasteiger partial charge on any atom is -0.383 e. The van der Waals surface area contributed by atoms with E-state index < -0.39 is 6.04 Å². The van der Waals surface area contributed by atoms with Gasteiger partial charge in [0.25, 0.3) is 0 Å². The number of nitrogens with two attached hydrogens (primary N) is 1. The normalized spacial score (nSPS) is 14.1. The molecule has 20 heavy (non-hydrogen) atoms. The third-order valence-electron chi connectivity index (χ3n) is 3.64. The van der Waals surface area contributed by atoms with Crippen molar-refractivity contribution in [2.45, 2.75) is 38.3 Å². The van der Waals surface area contributed by atoms with Gasteiger partial charge < -0.3 is 15.8 Å². The highest BCUT2D eigenvalue weighted by Gasteiger charge is 2.30. The Balaban J connectivity index is 0.00000361. The lowest BCUT2D eigenvalue weighted by Crippen LogP contribution is -2.52. The van der Waals surface area contributed by atoms with Gasteiger partial charge in [-0.25, -0.2) is 0 Å². The van der Waals surface area contributed by atoms with Gasteiger partial charge in [0.2, 0.25) is 5.91 Å². The number of rotatable bonds is 6. The lowest BCUT2D eigenvalue weighted by atomic mass is 9.78. The standard InChI is InChI=1S/C15H24N2O2.ClH/c1-11(17-14(18)13(16)10-19-4)15(2,3)12-8-6-5-7-9-12;/h5-9,11,13H,10,16H2,1-4H3,(H,17,18);1H. The number of methoxy groups -OCH3 is 1. The molecule has 1 aromatic carbocycles. The number of carbonyl (C=O) groups excluding carboxylic acids is 1. The fourth-order valence-electron chi connectivity index (χ4n) is 1.87. The smallest absolute Gasteiger partial charge is 0.239 e. The summed E-state index contributed by atoms with van der Waals surface area (Å²) in [6, 6.07) is 9.47. The molecule has 0 radical (unpaired) electrons. The van der Waals surface area contributed by atoms with Crippen molar-refractivity contribution in [1.82, 2.24) is 5.32 Å². The highest BCUT2D eigenvalue weighted by Crippen LogP contribution is 2.26. The van der Waals surface area contributed by atoms with Crippen LogP contribution in [0.2, 0.25) is 0 Å². The van der Waals surface area contributed by atoms with Gasteiger partial charge in [-0.15, -0.1) is 12.4 Å². The van der Waals surface area contributed by atoms with Crippen LogP contribution in [0, 0.1) is 0 Å². The van der Waals surface area contributed by atoms with Gasteiger partial charge in [0.05, 0.1) is 6.61 Å². The molecular formula is C15H25ClN2O2. The predicted octanol–water partition coefficient (Wildman–Crippen LogP) is 1.86. The van der Waals surface area contributed by atoms with Crippen LogP contribution < -0.4 is 11.1 Å². The monoisotopic (exact) mass is 300 g/mol. The summed E-state index contributed by atoms with van der Waals surface area (Å²) in [6.45, 7) is 6.43. The second-order valence-corrected chi connectivity index (χ2v) is 5.38. The fraction of sp³-hybridized carbons (Fsp3) is 0.533. The number of amides is 1. The first-order valence-corrected chi connectivity index (χ1v) is 6.50. The Morgan fingerprint density at radius 1 is 1.35 bits per heavy atom. The summed E-state index contributed by atoms with van der Waals surface area (Å²) >= 11 is 0. The Morgan fingerprint density at radius 2 is 1.90 bits per heavy atom. The summed E-state index contributed by atoms with van der Waals surface area (Å²) < 4.78 is 4.89. The molecular weight excluding hydrogens is 276 g/mol. The third kappa shape index (κ3) is 4.78. The highest BCUT2D eigenvalue weighted by atomic mass is 35.5. The molecule has 0 aromatic heterocycles. The molecule has 1 aromatic rings. The van der Waals surface area contributed by atoms with Gasteiger partial charge in [-0.1, -0.05) is 44.2 Å². The van der Waals surface area contributed by atoms with Crippen LogP contribution in [0.1, 0.15) is 26.3 Å². The van der Waals surface area contributed by atoms with E-state index in [0.717, 1.165) is 0 Å². The molecule has 5 heteroatoms. The minimum atomic E-state index is -0.626. The van der Waals surface area contributed by atoms with E-state index in [1.54, 1.807) is 0 Å². The van der Waals surface area contributed by atoms with E-state index in [-0.39, 0.29) is 36.4 Å². The van der Waals surface area contributed by atoms with E-state index in [1.807, 2.05) is 25.1 Å². The Kier molecular flexibility index (Phi) is 7.79. The average Bonchev–Trinajstić information content (AvgIpc) is 2.39. The summed E-state index contributed by atoms with van der Waals surface area (Å²) in [5.74, 6) is -0.182. The van der Waals surface area contributed by atoms with Crippen molar-refractivity contribution in [2.75, 3.05) is 13.7 Å². The SMILES string of the molecule is COCC(N)C(=O)NC(C)C(C)(C)c1ccccc1.Cl. The van der Waals surface area contributed by atoms with Crippen LogP contribution in [0.25, 0.3) is 0 Å². The molecule has 0 aliphatic heterocycles. The minimum absolute atomic E-state index is 0. The number of hydrogen-bond acceptors (Lipinski definition) is 3. The summed E-state index contributed by atoms with van der Waals surface area (Å²) in [4.78, 5) is 11.9. The molecule has 1 rings (SSSR count). The van der Waals surface area contributed by atoms with Gasteiger partial charge >= 0.3 is 0 Å². The lowest BCUT2D eigenvalue weighted by molar-refractivity contribution is -0.124. The largest absolute Gasteiger partial charge is 0.383 e.